The molecule has 1 amide bonds. The van der Waals surface area contributed by atoms with E-state index in [2.05, 4.69) is 5.32 Å². The molecule has 0 aromatic heterocycles. The molecule has 1 aliphatic heterocycles. The molecule has 1 aliphatic rings. The number of carbonyl (C=O) groups is 1. The van der Waals surface area contributed by atoms with Crippen LogP contribution in [0.25, 0.3) is 0 Å². The lowest BCUT2D eigenvalue weighted by atomic mass is 9.94. The molecule has 90 valence electrons. The van der Waals surface area contributed by atoms with Crippen molar-refractivity contribution in [3.05, 3.63) is 47.4 Å². The first-order valence-electron chi connectivity index (χ1n) is 5.61. The van der Waals surface area contributed by atoms with Crippen molar-refractivity contribution in [1.29, 1.82) is 0 Å². The predicted octanol–water partition coefficient (Wildman–Crippen LogP) is 0.508. The molecule has 4 nitrogen and oxygen atoms in total. The number of hydrogen-bond donors (Lipinski definition) is 1. The van der Waals surface area contributed by atoms with Gasteiger partial charge in [-0.05, 0) is 12.2 Å². The van der Waals surface area contributed by atoms with Crippen LogP contribution in [-0.2, 0) is 9.53 Å². The Morgan fingerprint density at radius 3 is 2.82 bits per heavy atom. The second-order valence-electron chi connectivity index (χ2n) is 3.81. The summed E-state index contributed by atoms with van der Waals surface area (Å²) in [6, 6.07) is 9.49. The molecule has 4 heteroatoms. The lowest BCUT2D eigenvalue weighted by Gasteiger charge is -2.18. The maximum atomic E-state index is 11.7. The fourth-order valence-electron chi connectivity index (χ4n) is 1.96. The monoisotopic (exact) mass is 232 g/mol. The third-order valence-corrected chi connectivity index (χ3v) is 2.76. The van der Waals surface area contributed by atoms with Crippen molar-refractivity contribution in [2.24, 2.45) is 0 Å². The Morgan fingerprint density at radius 1 is 1.47 bits per heavy atom. The van der Waals surface area contributed by atoms with E-state index in [1.54, 1.807) is 6.92 Å². The Morgan fingerprint density at radius 2 is 2.18 bits per heavy atom. The summed E-state index contributed by atoms with van der Waals surface area (Å²) in [7, 11) is 0. The van der Waals surface area contributed by atoms with Crippen LogP contribution >= 0.6 is 0 Å². The first-order chi connectivity index (χ1) is 8.24. The largest absolute Gasteiger partial charge is 0.613 e. The zero-order chi connectivity index (χ0) is 12.3. The van der Waals surface area contributed by atoms with E-state index in [0.29, 0.717) is 6.54 Å². The molecular formula is C13H14NO3-. The summed E-state index contributed by atoms with van der Waals surface area (Å²) in [5.41, 5.74) is 1.16. The summed E-state index contributed by atoms with van der Waals surface area (Å²) in [4.78, 5) is 11.6. The van der Waals surface area contributed by atoms with Gasteiger partial charge in [-0.25, -0.2) is 0 Å². The Hall–Kier alpha value is -1.97. The van der Waals surface area contributed by atoms with E-state index in [1.807, 2.05) is 30.3 Å². The first kappa shape index (κ1) is 11.5. The third-order valence-electron chi connectivity index (χ3n) is 2.76. The lowest BCUT2D eigenvalue weighted by Crippen LogP contribution is -2.19. The highest BCUT2D eigenvalue weighted by molar-refractivity contribution is 5.97. The summed E-state index contributed by atoms with van der Waals surface area (Å²) in [6.07, 6.45) is 0. The zero-order valence-corrected chi connectivity index (χ0v) is 9.60. The number of hydrogen-bond acceptors (Lipinski definition) is 3. The van der Waals surface area contributed by atoms with Crippen molar-refractivity contribution in [3.8, 4) is 0 Å². The first-order valence-corrected chi connectivity index (χ1v) is 5.61. The van der Waals surface area contributed by atoms with Crippen LogP contribution in [0.1, 0.15) is 18.4 Å². The second-order valence-corrected chi connectivity index (χ2v) is 3.81. The van der Waals surface area contributed by atoms with Gasteiger partial charge in [0.2, 0.25) is 5.91 Å². The van der Waals surface area contributed by atoms with E-state index < -0.39 is 5.95 Å². The maximum absolute atomic E-state index is 11.7. The molecule has 1 aromatic rings. The summed E-state index contributed by atoms with van der Waals surface area (Å²) < 4.78 is 4.91. The number of rotatable bonds is 3. The van der Waals surface area contributed by atoms with Gasteiger partial charge in [0, 0.05) is 18.0 Å². The van der Waals surface area contributed by atoms with E-state index in [9.17, 15) is 9.90 Å². The molecule has 0 aliphatic carbocycles. The smallest absolute Gasteiger partial charge is 0.249 e. The quantitative estimate of drug-likeness (QED) is 0.610. The molecule has 0 bridgehead atoms. The Bertz CT molecular complexity index is 439. The highest BCUT2D eigenvalue weighted by Gasteiger charge is 2.30. The molecule has 1 saturated heterocycles. The van der Waals surface area contributed by atoms with Gasteiger partial charge in [0.25, 0.3) is 0 Å². The number of ether oxygens (including phenoxy) is 1. The minimum Gasteiger partial charge on any atom is -0.613 e. The molecule has 17 heavy (non-hydrogen) atoms. The average molecular weight is 232 g/mol. The van der Waals surface area contributed by atoms with Gasteiger partial charge in [0.05, 0.1) is 5.95 Å². The van der Waals surface area contributed by atoms with Crippen molar-refractivity contribution in [1.82, 2.24) is 5.32 Å². The summed E-state index contributed by atoms with van der Waals surface area (Å²) in [6.45, 7) is 2.46. The molecule has 2 rings (SSSR count). The second kappa shape index (κ2) is 4.91. The minimum atomic E-state index is -0.517. The minimum absolute atomic E-state index is 0.206. The van der Waals surface area contributed by atoms with Gasteiger partial charge in [-0.2, -0.15) is 0 Å². The number of amides is 1. The fourth-order valence-corrected chi connectivity index (χ4v) is 1.96. The molecule has 1 fully saturated rings. The molecule has 0 saturated carbocycles. The van der Waals surface area contributed by atoms with Gasteiger partial charge >= 0.3 is 0 Å². The molecular weight excluding hydrogens is 218 g/mol. The van der Waals surface area contributed by atoms with Gasteiger partial charge in [0.1, 0.15) is 0 Å². The van der Waals surface area contributed by atoms with E-state index in [1.165, 1.54) is 0 Å². The van der Waals surface area contributed by atoms with Crippen LogP contribution in [-0.4, -0.2) is 19.1 Å². The predicted molar refractivity (Wildman–Crippen MR) is 60.8 cm³/mol. The molecule has 0 spiro atoms. The molecule has 1 unspecified atom stereocenters. The van der Waals surface area contributed by atoms with Crippen molar-refractivity contribution in [2.75, 3.05) is 13.2 Å². The van der Waals surface area contributed by atoms with Gasteiger partial charge in [-0.15, -0.1) is 0 Å². The maximum Gasteiger partial charge on any atom is 0.249 e. The van der Waals surface area contributed by atoms with Gasteiger partial charge in [0.15, 0.2) is 0 Å². The average Bonchev–Trinajstić information content (AvgIpc) is 2.73. The van der Waals surface area contributed by atoms with Crippen molar-refractivity contribution in [2.45, 2.75) is 12.8 Å². The SMILES string of the molecule is CCO/C([O-])=C1\C(=O)NCC1c1ccccc1. The van der Waals surface area contributed by atoms with Crippen molar-refractivity contribution < 1.29 is 14.6 Å². The van der Waals surface area contributed by atoms with E-state index in [4.69, 9.17) is 4.74 Å². The van der Waals surface area contributed by atoms with E-state index in [-0.39, 0.29) is 24.0 Å². The molecule has 0 radical (unpaired) electrons. The number of carbonyl (C=O) groups excluding carboxylic acids is 1. The van der Waals surface area contributed by atoms with Gasteiger partial charge < -0.3 is 15.2 Å². The Balaban J connectivity index is 2.35. The van der Waals surface area contributed by atoms with Crippen LogP contribution in [0.3, 0.4) is 0 Å². The molecule has 1 atom stereocenters. The number of nitrogens with one attached hydrogen (secondary N) is 1. The van der Waals surface area contributed by atoms with Crippen LogP contribution in [0.5, 0.6) is 0 Å². The Kier molecular flexibility index (Phi) is 3.32. The normalized spacial score (nSPS) is 22.2. The van der Waals surface area contributed by atoms with Crippen LogP contribution in [0.2, 0.25) is 0 Å². The van der Waals surface area contributed by atoms with Crippen LogP contribution in [0.4, 0.5) is 0 Å². The molecule has 1 aromatic carbocycles. The molecule has 1 N–H and O–H groups in total. The summed E-state index contributed by atoms with van der Waals surface area (Å²) in [5.74, 6) is -1.04. The topological polar surface area (TPSA) is 61.4 Å². The van der Waals surface area contributed by atoms with Crippen molar-refractivity contribution >= 4 is 5.91 Å². The highest BCUT2D eigenvalue weighted by Crippen LogP contribution is 2.29. The molecule has 1 heterocycles. The van der Waals surface area contributed by atoms with Gasteiger partial charge in [-0.1, -0.05) is 37.3 Å². The highest BCUT2D eigenvalue weighted by atomic mass is 16.6. The summed E-state index contributed by atoms with van der Waals surface area (Å²) >= 11 is 0. The van der Waals surface area contributed by atoms with Gasteiger partial charge in [-0.3, -0.25) is 4.79 Å². The Labute approximate surface area is 99.9 Å². The van der Waals surface area contributed by atoms with E-state index >= 15 is 0 Å². The van der Waals surface area contributed by atoms with Crippen LogP contribution in [0, 0.1) is 0 Å². The third kappa shape index (κ3) is 2.25. The van der Waals surface area contributed by atoms with Crippen LogP contribution < -0.4 is 10.4 Å². The standard InChI is InChI=1S/C13H15NO3/c1-2-17-13(16)11-10(8-14-12(11)15)9-6-4-3-5-7-9/h3-7,10,16H,2,8H2,1H3,(H,14,15)/p-1/b13-11-. The lowest BCUT2D eigenvalue weighted by molar-refractivity contribution is -0.358. The number of benzene rings is 1. The fraction of sp³-hybridized carbons (Fsp3) is 0.308. The van der Waals surface area contributed by atoms with Crippen LogP contribution in [0.15, 0.2) is 41.9 Å². The van der Waals surface area contributed by atoms with E-state index in [0.717, 1.165) is 5.56 Å². The zero-order valence-electron chi connectivity index (χ0n) is 9.60. The summed E-state index contributed by atoms with van der Waals surface area (Å²) in [5, 5.41) is 14.4. The van der Waals surface area contributed by atoms with Crippen molar-refractivity contribution in [3.63, 3.8) is 0 Å².